The molecule has 8 rings (SSSR count). The number of aromatic amines is 1. The second kappa shape index (κ2) is 15.6. The van der Waals surface area contributed by atoms with Crippen LogP contribution in [0.1, 0.15) is 21.5 Å². The van der Waals surface area contributed by atoms with Gasteiger partial charge in [-0.3, -0.25) is 40.2 Å². The number of nitrogens with zero attached hydrogens (tertiary/aromatic N) is 5. The lowest BCUT2D eigenvalue weighted by atomic mass is 10.0. The van der Waals surface area contributed by atoms with Crippen molar-refractivity contribution in [2.75, 3.05) is 10.3 Å². The lowest BCUT2D eigenvalue weighted by Crippen LogP contribution is -2.32. The third-order valence-electron chi connectivity index (χ3n) is 9.12. The summed E-state index contributed by atoms with van der Waals surface area (Å²) in [7, 11) is 0. The van der Waals surface area contributed by atoms with Crippen LogP contribution in [0.3, 0.4) is 0 Å². The minimum absolute atomic E-state index is 0.0895. The molecule has 6 aromatic rings. The van der Waals surface area contributed by atoms with E-state index in [1.54, 1.807) is 36.4 Å². The summed E-state index contributed by atoms with van der Waals surface area (Å²) in [6.07, 6.45) is 7.82. The number of carbonyl (C=O) groups is 3. The summed E-state index contributed by atoms with van der Waals surface area (Å²) in [6, 6.07) is 39.1. The first-order valence-electron chi connectivity index (χ1n) is 17.7. The van der Waals surface area contributed by atoms with E-state index in [0.29, 0.717) is 17.2 Å². The van der Waals surface area contributed by atoms with Crippen molar-refractivity contribution in [2.24, 2.45) is 15.2 Å². The highest BCUT2D eigenvalue weighted by molar-refractivity contribution is 6.33. The molecule has 0 unspecified atom stereocenters. The van der Waals surface area contributed by atoms with E-state index in [4.69, 9.17) is 4.99 Å². The van der Waals surface area contributed by atoms with Gasteiger partial charge in [-0.25, -0.2) is 4.99 Å². The number of rotatable bonds is 10. The number of hydrogen-bond donors (Lipinski definition) is 3. The van der Waals surface area contributed by atoms with Gasteiger partial charge < -0.3 is 4.98 Å². The van der Waals surface area contributed by atoms with Gasteiger partial charge in [0, 0.05) is 39.7 Å². The molecule has 276 valence electrons. The van der Waals surface area contributed by atoms with E-state index in [2.05, 4.69) is 26.1 Å². The predicted octanol–water partition coefficient (Wildman–Crippen LogP) is 8.69. The average Bonchev–Trinajstić information content (AvgIpc) is 3.78. The zero-order valence-electron chi connectivity index (χ0n) is 29.9. The van der Waals surface area contributed by atoms with Gasteiger partial charge in [0.05, 0.1) is 27.6 Å². The highest BCUT2D eigenvalue weighted by atomic mass is 16.6. The van der Waals surface area contributed by atoms with Gasteiger partial charge in [0.15, 0.2) is 11.6 Å². The van der Waals surface area contributed by atoms with E-state index in [1.807, 2.05) is 84.9 Å². The number of aromatic nitrogens is 1. The SMILES string of the molecule is O=C1C=CC=C/C1=C(/N=NC(=O)c1ccc(N2C(=O)/C(=C/c3c(-c4ccccc4)[nH]c4ccccc34)N=C2c2ccccc2)cc1)NNc1cccc([N+](=O)[O-])c1. The lowest BCUT2D eigenvalue weighted by molar-refractivity contribution is -0.384. The summed E-state index contributed by atoms with van der Waals surface area (Å²) >= 11 is 0. The van der Waals surface area contributed by atoms with Crippen molar-refractivity contribution in [3.8, 4) is 11.3 Å². The molecule has 0 saturated carbocycles. The molecule has 2 aliphatic rings. The van der Waals surface area contributed by atoms with E-state index in [9.17, 15) is 24.5 Å². The molecule has 0 saturated heterocycles. The van der Waals surface area contributed by atoms with E-state index < -0.39 is 16.6 Å². The van der Waals surface area contributed by atoms with Crippen LogP contribution in [0.15, 0.2) is 190 Å². The summed E-state index contributed by atoms with van der Waals surface area (Å²) in [5, 5.41) is 20.1. The normalized spacial score (nSPS) is 15.4. The number of aliphatic imine (C=N–C) groups is 1. The molecule has 0 atom stereocenters. The molecular formula is C44H30N8O5. The number of ketones is 1. The Kier molecular flexibility index (Phi) is 9.75. The number of amidine groups is 1. The molecule has 1 aliphatic carbocycles. The van der Waals surface area contributed by atoms with Crippen molar-refractivity contribution in [1.82, 2.24) is 10.4 Å². The monoisotopic (exact) mass is 750 g/mol. The predicted molar refractivity (Wildman–Crippen MR) is 218 cm³/mol. The van der Waals surface area contributed by atoms with Crippen LogP contribution in [0.2, 0.25) is 0 Å². The topological polar surface area (TPSA) is 175 Å². The van der Waals surface area contributed by atoms with Crippen molar-refractivity contribution < 1.29 is 19.3 Å². The van der Waals surface area contributed by atoms with Crippen LogP contribution in [0.5, 0.6) is 0 Å². The molecule has 0 spiro atoms. The van der Waals surface area contributed by atoms with Crippen molar-refractivity contribution in [3.05, 3.63) is 202 Å². The van der Waals surface area contributed by atoms with E-state index in [-0.39, 0.29) is 34.2 Å². The number of carbonyl (C=O) groups excluding carboxylic acids is 3. The van der Waals surface area contributed by atoms with Crippen LogP contribution in [0.4, 0.5) is 17.1 Å². The van der Waals surface area contributed by atoms with Gasteiger partial charge in [0.2, 0.25) is 0 Å². The molecule has 2 heterocycles. The number of non-ortho nitro benzene ring substituents is 1. The lowest BCUT2D eigenvalue weighted by Gasteiger charge is -2.18. The number of fused-ring (bicyclic) bond motifs is 1. The fourth-order valence-electron chi connectivity index (χ4n) is 6.36. The van der Waals surface area contributed by atoms with Gasteiger partial charge in [0.25, 0.3) is 17.5 Å². The Morgan fingerprint density at radius 2 is 1.49 bits per heavy atom. The molecule has 13 nitrogen and oxygen atoms in total. The van der Waals surface area contributed by atoms with Crippen LogP contribution in [-0.4, -0.2) is 33.3 Å². The summed E-state index contributed by atoms with van der Waals surface area (Å²) in [5.41, 5.74) is 11.0. The van der Waals surface area contributed by atoms with Crippen LogP contribution in [-0.2, 0) is 9.59 Å². The van der Waals surface area contributed by atoms with Crippen molar-refractivity contribution in [3.63, 3.8) is 0 Å². The first kappa shape index (κ1) is 35.7. The molecule has 0 bridgehead atoms. The molecule has 5 aromatic carbocycles. The Hall–Kier alpha value is -8.32. The second-order valence-electron chi connectivity index (χ2n) is 12.8. The first-order valence-corrected chi connectivity index (χ1v) is 17.7. The maximum absolute atomic E-state index is 14.3. The van der Waals surface area contributed by atoms with Gasteiger partial charge >= 0.3 is 0 Å². The summed E-state index contributed by atoms with van der Waals surface area (Å²) < 4.78 is 0. The number of allylic oxidation sites excluding steroid dienone is 5. The third-order valence-corrected chi connectivity index (χ3v) is 9.12. The number of benzene rings is 5. The third kappa shape index (κ3) is 7.43. The van der Waals surface area contributed by atoms with Gasteiger partial charge in [-0.15, -0.1) is 10.2 Å². The number of anilines is 2. The summed E-state index contributed by atoms with van der Waals surface area (Å²) in [5.74, 6) is -1.14. The molecule has 0 radical (unpaired) electrons. The number of azo groups is 1. The number of para-hydroxylation sites is 1. The standard InChI is InChI=1S/C44H30N8O5/c53-39-21-10-8-19-35(39)41(48-47-31-16-11-17-33(26-31)52(56)57)49-50-43(54)30-22-24-32(25-23-30)51-42(29-14-5-2-6-15-29)46-38(44(51)55)27-36-34-18-7-9-20-37(34)45-40(36)28-12-3-1-4-13-28/h1-27,45,47-48H/b38-27-,41-35-,50-49?. The molecule has 0 fully saturated rings. The zero-order valence-corrected chi connectivity index (χ0v) is 29.9. The second-order valence-corrected chi connectivity index (χ2v) is 12.8. The first-order chi connectivity index (χ1) is 27.8. The molecule has 2 amide bonds. The number of hydrogen-bond acceptors (Lipinski definition) is 9. The summed E-state index contributed by atoms with van der Waals surface area (Å²) in [6.45, 7) is 0. The molecule has 57 heavy (non-hydrogen) atoms. The fourth-order valence-corrected chi connectivity index (χ4v) is 6.36. The Morgan fingerprint density at radius 1 is 0.789 bits per heavy atom. The number of amides is 2. The van der Waals surface area contributed by atoms with Gasteiger partial charge in [-0.05, 0) is 60.2 Å². The number of hydrazine groups is 1. The number of H-pyrrole nitrogens is 1. The van der Waals surface area contributed by atoms with Crippen LogP contribution in [0, 0.1) is 10.1 Å². The maximum Gasteiger partial charge on any atom is 0.295 e. The van der Waals surface area contributed by atoms with Gasteiger partial charge in [-0.2, -0.15) is 0 Å². The van der Waals surface area contributed by atoms with Crippen LogP contribution < -0.4 is 15.8 Å². The number of nitrogens with one attached hydrogen (secondary N) is 3. The quantitative estimate of drug-likeness (QED) is 0.0543. The largest absolute Gasteiger partial charge is 0.354 e. The van der Waals surface area contributed by atoms with E-state index in [1.165, 1.54) is 47.4 Å². The van der Waals surface area contributed by atoms with Crippen molar-refractivity contribution in [2.45, 2.75) is 0 Å². The van der Waals surface area contributed by atoms with Crippen LogP contribution >= 0.6 is 0 Å². The molecule has 1 aromatic heterocycles. The smallest absolute Gasteiger partial charge is 0.295 e. The van der Waals surface area contributed by atoms with E-state index >= 15 is 0 Å². The van der Waals surface area contributed by atoms with Crippen molar-refractivity contribution in [1.29, 1.82) is 0 Å². The average molecular weight is 751 g/mol. The van der Waals surface area contributed by atoms with Gasteiger partial charge in [0.1, 0.15) is 11.5 Å². The Balaban J connectivity index is 1.09. The Morgan fingerprint density at radius 3 is 2.23 bits per heavy atom. The molecular weight excluding hydrogens is 721 g/mol. The van der Waals surface area contributed by atoms with Crippen LogP contribution in [0.25, 0.3) is 28.2 Å². The van der Waals surface area contributed by atoms with E-state index in [0.717, 1.165) is 33.3 Å². The number of nitro benzene ring substituents is 1. The molecule has 13 heteroatoms. The van der Waals surface area contributed by atoms with Crippen molar-refractivity contribution >= 4 is 57.5 Å². The molecule has 1 aliphatic heterocycles. The maximum atomic E-state index is 14.3. The van der Waals surface area contributed by atoms with Gasteiger partial charge in [-0.1, -0.05) is 97.1 Å². The Bertz CT molecular complexity index is 2760. The molecule has 3 N–H and O–H groups in total. The minimum Gasteiger partial charge on any atom is -0.354 e. The highest BCUT2D eigenvalue weighted by Crippen LogP contribution is 2.35. The minimum atomic E-state index is -0.724. The highest BCUT2D eigenvalue weighted by Gasteiger charge is 2.33. The zero-order chi connectivity index (χ0) is 39.3. The summed E-state index contributed by atoms with van der Waals surface area (Å²) in [4.78, 5) is 61.0. The fraction of sp³-hybridized carbons (Fsp3) is 0. The number of nitro groups is 1. The Labute approximate surface area is 324 Å².